The van der Waals surface area contributed by atoms with Crippen LogP contribution in [0.3, 0.4) is 0 Å². The monoisotopic (exact) mass is 313 g/mol. The minimum absolute atomic E-state index is 0.195. The standard InChI is InChI=1S/C17H39N5/c1-16(2)21(13-12-20-10-7-19-8-11-20)14-15-22(9-6-18)17(3,4)5/h16,19H,6-15,18H2,1-5H3. The molecular formula is C17H39N5. The number of nitrogens with two attached hydrogens (primary N) is 1. The quantitative estimate of drug-likeness (QED) is 0.655. The first kappa shape index (κ1) is 19.8. The second-order valence-corrected chi connectivity index (χ2v) is 7.67. The van der Waals surface area contributed by atoms with Crippen molar-refractivity contribution in [1.29, 1.82) is 0 Å². The van der Waals surface area contributed by atoms with E-state index in [1.807, 2.05) is 0 Å². The van der Waals surface area contributed by atoms with Gasteiger partial charge in [0.2, 0.25) is 0 Å². The zero-order valence-corrected chi connectivity index (χ0v) is 15.6. The smallest absolute Gasteiger partial charge is 0.0126 e. The molecule has 3 N–H and O–H groups in total. The van der Waals surface area contributed by atoms with Gasteiger partial charge in [0, 0.05) is 77.0 Å². The lowest BCUT2D eigenvalue weighted by Crippen LogP contribution is -2.50. The Balaban J connectivity index is 2.41. The molecule has 0 saturated carbocycles. The van der Waals surface area contributed by atoms with Gasteiger partial charge in [-0.25, -0.2) is 0 Å². The molecule has 0 aliphatic carbocycles. The fraction of sp³-hybridized carbons (Fsp3) is 1.00. The normalized spacial score (nSPS) is 17.9. The van der Waals surface area contributed by atoms with Crippen LogP contribution >= 0.6 is 0 Å². The van der Waals surface area contributed by atoms with Gasteiger partial charge in [-0.3, -0.25) is 14.7 Å². The Kier molecular flexibility index (Phi) is 8.87. The van der Waals surface area contributed by atoms with E-state index in [9.17, 15) is 0 Å². The topological polar surface area (TPSA) is 47.8 Å². The third kappa shape index (κ3) is 7.38. The molecule has 132 valence electrons. The number of rotatable bonds is 9. The van der Waals surface area contributed by atoms with Crippen LogP contribution in [0.4, 0.5) is 0 Å². The van der Waals surface area contributed by atoms with Gasteiger partial charge < -0.3 is 11.1 Å². The largest absolute Gasteiger partial charge is 0.329 e. The van der Waals surface area contributed by atoms with Gasteiger partial charge in [0.05, 0.1) is 0 Å². The zero-order chi connectivity index (χ0) is 16.6. The molecule has 1 fully saturated rings. The highest BCUT2D eigenvalue weighted by atomic mass is 15.3. The summed E-state index contributed by atoms with van der Waals surface area (Å²) in [6, 6.07) is 0.600. The van der Waals surface area contributed by atoms with Crippen LogP contribution in [-0.2, 0) is 0 Å². The first-order valence-electron chi connectivity index (χ1n) is 8.97. The van der Waals surface area contributed by atoms with E-state index in [1.165, 1.54) is 19.6 Å². The number of nitrogens with zero attached hydrogens (tertiary/aromatic N) is 3. The summed E-state index contributed by atoms with van der Waals surface area (Å²) in [7, 11) is 0. The van der Waals surface area contributed by atoms with Crippen molar-refractivity contribution in [2.45, 2.75) is 46.2 Å². The molecule has 1 saturated heterocycles. The Hall–Kier alpha value is -0.200. The van der Waals surface area contributed by atoms with Crippen LogP contribution in [0.1, 0.15) is 34.6 Å². The molecule has 1 rings (SSSR count). The Bertz CT molecular complexity index is 281. The molecule has 1 heterocycles. The third-order valence-corrected chi connectivity index (χ3v) is 4.65. The summed E-state index contributed by atoms with van der Waals surface area (Å²) in [5.74, 6) is 0. The molecule has 1 aliphatic rings. The van der Waals surface area contributed by atoms with Crippen LogP contribution in [0.15, 0.2) is 0 Å². The average molecular weight is 314 g/mol. The van der Waals surface area contributed by atoms with Crippen molar-refractivity contribution >= 4 is 0 Å². The summed E-state index contributed by atoms with van der Waals surface area (Å²) in [6.07, 6.45) is 0. The molecule has 0 aromatic rings. The summed E-state index contributed by atoms with van der Waals surface area (Å²) >= 11 is 0. The molecule has 0 atom stereocenters. The van der Waals surface area contributed by atoms with Gasteiger partial charge in [-0.15, -0.1) is 0 Å². The van der Waals surface area contributed by atoms with Gasteiger partial charge in [0.1, 0.15) is 0 Å². The first-order valence-corrected chi connectivity index (χ1v) is 8.97. The average Bonchev–Trinajstić information content (AvgIpc) is 2.45. The van der Waals surface area contributed by atoms with E-state index in [0.29, 0.717) is 6.04 Å². The molecule has 0 unspecified atom stereocenters. The van der Waals surface area contributed by atoms with Gasteiger partial charge in [0.25, 0.3) is 0 Å². The lowest BCUT2D eigenvalue weighted by Gasteiger charge is -2.38. The second-order valence-electron chi connectivity index (χ2n) is 7.67. The predicted molar refractivity (Wildman–Crippen MR) is 96.4 cm³/mol. The summed E-state index contributed by atoms with van der Waals surface area (Å²) in [4.78, 5) is 7.69. The highest BCUT2D eigenvalue weighted by Gasteiger charge is 2.22. The van der Waals surface area contributed by atoms with Crippen molar-refractivity contribution in [3.63, 3.8) is 0 Å². The third-order valence-electron chi connectivity index (χ3n) is 4.65. The van der Waals surface area contributed by atoms with E-state index in [1.54, 1.807) is 0 Å². The maximum atomic E-state index is 5.78. The van der Waals surface area contributed by atoms with Gasteiger partial charge in [-0.2, -0.15) is 0 Å². The van der Waals surface area contributed by atoms with E-state index in [4.69, 9.17) is 5.73 Å². The van der Waals surface area contributed by atoms with E-state index in [-0.39, 0.29) is 5.54 Å². The summed E-state index contributed by atoms with van der Waals surface area (Å²) in [6.45, 7) is 22.4. The molecular weight excluding hydrogens is 274 g/mol. The summed E-state index contributed by atoms with van der Waals surface area (Å²) in [5, 5.41) is 3.42. The van der Waals surface area contributed by atoms with E-state index < -0.39 is 0 Å². The lowest BCUT2D eigenvalue weighted by atomic mass is 10.1. The number of piperazine rings is 1. The minimum atomic E-state index is 0.195. The predicted octanol–water partition coefficient (Wildman–Crippen LogP) is 0.661. The molecule has 1 aliphatic heterocycles. The van der Waals surface area contributed by atoms with Gasteiger partial charge in [0.15, 0.2) is 0 Å². The van der Waals surface area contributed by atoms with Crippen molar-refractivity contribution in [3.05, 3.63) is 0 Å². The number of hydrogen-bond acceptors (Lipinski definition) is 5. The van der Waals surface area contributed by atoms with E-state index >= 15 is 0 Å². The molecule has 0 spiro atoms. The number of hydrogen-bond donors (Lipinski definition) is 2. The van der Waals surface area contributed by atoms with Gasteiger partial charge in [-0.05, 0) is 34.6 Å². The van der Waals surface area contributed by atoms with Crippen LogP contribution in [0.25, 0.3) is 0 Å². The maximum Gasteiger partial charge on any atom is 0.0126 e. The van der Waals surface area contributed by atoms with Crippen molar-refractivity contribution in [3.8, 4) is 0 Å². The molecule has 5 nitrogen and oxygen atoms in total. The van der Waals surface area contributed by atoms with E-state index in [0.717, 1.165) is 45.8 Å². The number of nitrogens with one attached hydrogen (secondary N) is 1. The van der Waals surface area contributed by atoms with E-state index in [2.05, 4.69) is 54.6 Å². The molecule has 0 aromatic carbocycles. The van der Waals surface area contributed by atoms with Crippen LogP contribution in [-0.4, -0.2) is 91.7 Å². The maximum absolute atomic E-state index is 5.78. The second kappa shape index (κ2) is 9.83. The first-order chi connectivity index (χ1) is 10.3. The minimum Gasteiger partial charge on any atom is -0.329 e. The molecule has 5 heteroatoms. The van der Waals surface area contributed by atoms with Crippen LogP contribution in [0.5, 0.6) is 0 Å². The Morgan fingerprint density at radius 3 is 2.18 bits per heavy atom. The van der Waals surface area contributed by atoms with Crippen LogP contribution in [0, 0.1) is 0 Å². The fourth-order valence-corrected chi connectivity index (χ4v) is 3.02. The van der Waals surface area contributed by atoms with Gasteiger partial charge in [-0.1, -0.05) is 0 Å². The zero-order valence-electron chi connectivity index (χ0n) is 15.6. The molecule has 0 bridgehead atoms. The molecule has 0 radical (unpaired) electrons. The van der Waals surface area contributed by atoms with Crippen LogP contribution < -0.4 is 11.1 Å². The Labute approximate surface area is 138 Å². The van der Waals surface area contributed by atoms with Gasteiger partial charge >= 0.3 is 0 Å². The van der Waals surface area contributed by atoms with Crippen molar-refractivity contribution in [2.75, 3.05) is 65.4 Å². The molecule has 22 heavy (non-hydrogen) atoms. The highest BCUT2D eigenvalue weighted by molar-refractivity contribution is 4.79. The van der Waals surface area contributed by atoms with Crippen molar-refractivity contribution in [2.24, 2.45) is 5.73 Å². The Morgan fingerprint density at radius 2 is 1.68 bits per heavy atom. The SMILES string of the molecule is CC(C)N(CCN1CCNCC1)CCN(CCN)C(C)(C)C. The fourth-order valence-electron chi connectivity index (χ4n) is 3.02. The summed E-state index contributed by atoms with van der Waals surface area (Å²) in [5.41, 5.74) is 5.98. The van der Waals surface area contributed by atoms with Crippen molar-refractivity contribution in [1.82, 2.24) is 20.0 Å². The van der Waals surface area contributed by atoms with Crippen LogP contribution in [0.2, 0.25) is 0 Å². The molecule has 0 amide bonds. The van der Waals surface area contributed by atoms with Crippen molar-refractivity contribution < 1.29 is 0 Å². The lowest BCUT2D eigenvalue weighted by molar-refractivity contribution is 0.100. The Morgan fingerprint density at radius 1 is 1.05 bits per heavy atom. The highest BCUT2D eigenvalue weighted by Crippen LogP contribution is 2.12. The summed E-state index contributed by atoms with van der Waals surface area (Å²) < 4.78 is 0. The molecule has 0 aromatic heterocycles.